The van der Waals surface area contributed by atoms with Gasteiger partial charge in [-0.15, -0.1) is 0 Å². The van der Waals surface area contributed by atoms with Crippen molar-refractivity contribution < 1.29 is 9.53 Å². The van der Waals surface area contributed by atoms with Crippen LogP contribution < -0.4 is 10.1 Å². The van der Waals surface area contributed by atoms with Crippen LogP contribution in [0.25, 0.3) is 17.0 Å². The monoisotopic (exact) mass is 499 g/mol. The van der Waals surface area contributed by atoms with Crippen molar-refractivity contribution in [1.82, 2.24) is 4.57 Å². The molecule has 4 rings (SSSR count). The molecular weight excluding hydrogens is 478 g/mol. The normalized spacial score (nSPS) is 11.3. The number of amides is 1. The number of rotatable bonds is 6. The molecule has 0 saturated heterocycles. The Balaban J connectivity index is 1.72. The lowest BCUT2D eigenvalue weighted by molar-refractivity contribution is -0.112. The van der Waals surface area contributed by atoms with Crippen molar-refractivity contribution in [3.63, 3.8) is 0 Å². The summed E-state index contributed by atoms with van der Waals surface area (Å²) in [6.07, 6.45) is 1.67. The van der Waals surface area contributed by atoms with Gasteiger partial charge in [0.2, 0.25) is 0 Å². The standard InChI is InChI=1S/C27H22BrN3O2/c1-18-25(14-20(16-29)27(32)30-22-6-5-7-23(15-22)33-2)24-8-3-4-9-26(24)31(18)17-19-10-12-21(28)13-11-19/h3-15H,17H2,1-2H3,(H,30,32). The van der Waals surface area contributed by atoms with E-state index in [0.29, 0.717) is 18.0 Å². The highest BCUT2D eigenvalue weighted by atomic mass is 79.9. The Bertz CT molecular complexity index is 1400. The van der Waals surface area contributed by atoms with E-state index in [1.807, 2.05) is 37.3 Å². The maximum Gasteiger partial charge on any atom is 0.266 e. The van der Waals surface area contributed by atoms with E-state index in [9.17, 15) is 10.1 Å². The van der Waals surface area contributed by atoms with E-state index >= 15 is 0 Å². The Morgan fingerprint density at radius 1 is 1.12 bits per heavy atom. The molecule has 4 aromatic rings. The Hall–Kier alpha value is -3.82. The van der Waals surface area contributed by atoms with Gasteiger partial charge in [-0.2, -0.15) is 5.26 Å². The number of para-hydroxylation sites is 1. The van der Waals surface area contributed by atoms with Crippen LogP contribution in [0.4, 0.5) is 5.69 Å². The van der Waals surface area contributed by atoms with Gasteiger partial charge in [-0.25, -0.2) is 0 Å². The third kappa shape index (κ3) is 4.84. The first-order valence-corrected chi connectivity index (χ1v) is 11.2. The summed E-state index contributed by atoms with van der Waals surface area (Å²) in [5.74, 6) is 0.164. The summed E-state index contributed by atoms with van der Waals surface area (Å²) >= 11 is 3.48. The van der Waals surface area contributed by atoms with E-state index in [2.05, 4.69) is 50.1 Å². The molecule has 0 unspecified atom stereocenters. The number of hydrogen-bond acceptors (Lipinski definition) is 3. The zero-order chi connectivity index (χ0) is 23.4. The molecule has 1 aromatic heterocycles. The number of carbonyl (C=O) groups is 1. The molecule has 1 N–H and O–H groups in total. The highest BCUT2D eigenvalue weighted by Crippen LogP contribution is 2.29. The van der Waals surface area contributed by atoms with Crippen molar-refractivity contribution in [1.29, 1.82) is 5.26 Å². The van der Waals surface area contributed by atoms with Crippen LogP contribution in [-0.4, -0.2) is 17.6 Å². The first-order chi connectivity index (χ1) is 16.0. The van der Waals surface area contributed by atoms with Crippen molar-refractivity contribution in [2.24, 2.45) is 0 Å². The molecule has 0 fully saturated rings. The number of nitrogens with one attached hydrogen (secondary N) is 1. The number of nitrogens with zero attached hydrogens (tertiary/aromatic N) is 2. The fraction of sp³-hybridized carbons (Fsp3) is 0.111. The number of methoxy groups -OCH3 is 1. The van der Waals surface area contributed by atoms with Crippen molar-refractivity contribution in [3.8, 4) is 11.8 Å². The van der Waals surface area contributed by atoms with E-state index in [1.165, 1.54) is 0 Å². The number of benzene rings is 3. The van der Waals surface area contributed by atoms with Gasteiger partial charge in [0.1, 0.15) is 17.4 Å². The Morgan fingerprint density at radius 2 is 1.88 bits per heavy atom. The zero-order valence-electron chi connectivity index (χ0n) is 18.3. The third-order valence-electron chi connectivity index (χ3n) is 5.51. The first kappa shape index (κ1) is 22.4. The van der Waals surface area contributed by atoms with Gasteiger partial charge in [-0.3, -0.25) is 4.79 Å². The van der Waals surface area contributed by atoms with Crippen LogP contribution in [0, 0.1) is 18.3 Å². The summed E-state index contributed by atoms with van der Waals surface area (Å²) in [6.45, 7) is 2.70. The third-order valence-corrected chi connectivity index (χ3v) is 6.04. The van der Waals surface area contributed by atoms with Crippen LogP contribution in [0.2, 0.25) is 0 Å². The van der Waals surface area contributed by atoms with Crippen LogP contribution in [0.5, 0.6) is 5.75 Å². The lowest BCUT2D eigenvalue weighted by Crippen LogP contribution is -2.13. The first-order valence-electron chi connectivity index (χ1n) is 10.4. The quantitative estimate of drug-likeness (QED) is 0.249. The van der Waals surface area contributed by atoms with Gasteiger partial charge < -0.3 is 14.6 Å². The molecule has 6 heteroatoms. The number of fused-ring (bicyclic) bond motifs is 1. The fourth-order valence-electron chi connectivity index (χ4n) is 3.81. The average molecular weight is 500 g/mol. The van der Waals surface area contributed by atoms with E-state index in [0.717, 1.165) is 32.2 Å². The Morgan fingerprint density at radius 3 is 2.61 bits per heavy atom. The van der Waals surface area contributed by atoms with Crippen molar-refractivity contribution >= 4 is 44.5 Å². The number of halogens is 1. The number of carbonyl (C=O) groups excluding carboxylic acids is 1. The average Bonchev–Trinajstić information content (AvgIpc) is 3.09. The van der Waals surface area contributed by atoms with Gasteiger partial charge in [-0.1, -0.05) is 52.3 Å². The van der Waals surface area contributed by atoms with Crippen molar-refractivity contribution in [3.05, 3.63) is 99.7 Å². The predicted molar refractivity (Wildman–Crippen MR) is 135 cm³/mol. The minimum absolute atomic E-state index is 0.0347. The molecule has 164 valence electrons. The molecule has 3 aromatic carbocycles. The predicted octanol–water partition coefficient (Wildman–Crippen LogP) is 6.31. The second-order valence-electron chi connectivity index (χ2n) is 7.58. The lowest BCUT2D eigenvalue weighted by Gasteiger charge is -2.09. The minimum Gasteiger partial charge on any atom is -0.497 e. The van der Waals surface area contributed by atoms with Crippen LogP contribution in [0.3, 0.4) is 0 Å². The summed E-state index contributed by atoms with van der Waals surface area (Å²) in [6, 6.07) is 25.3. The maximum atomic E-state index is 12.9. The van der Waals surface area contributed by atoms with Crippen LogP contribution >= 0.6 is 15.9 Å². The molecule has 1 heterocycles. The molecule has 0 radical (unpaired) electrons. The van der Waals surface area contributed by atoms with Crippen molar-refractivity contribution in [2.45, 2.75) is 13.5 Å². The largest absolute Gasteiger partial charge is 0.497 e. The molecule has 0 atom stereocenters. The lowest BCUT2D eigenvalue weighted by atomic mass is 10.1. The fourth-order valence-corrected chi connectivity index (χ4v) is 4.07. The number of ether oxygens (including phenoxy) is 1. The smallest absolute Gasteiger partial charge is 0.266 e. The summed E-state index contributed by atoms with van der Waals surface area (Å²) in [7, 11) is 1.56. The summed E-state index contributed by atoms with van der Waals surface area (Å²) in [5.41, 5.74) is 4.66. The zero-order valence-corrected chi connectivity index (χ0v) is 19.9. The number of anilines is 1. The maximum absolute atomic E-state index is 12.9. The van der Waals surface area contributed by atoms with E-state index < -0.39 is 5.91 Å². The molecule has 0 spiro atoms. The topological polar surface area (TPSA) is 67.0 Å². The van der Waals surface area contributed by atoms with E-state index in [1.54, 1.807) is 37.5 Å². The second-order valence-corrected chi connectivity index (χ2v) is 8.50. The molecule has 0 aliphatic heterocycles. The molecule has 33 heavy (non-hydrogen) atoms. The van der Waals surface area contributed by atoms with E-state index in [4.69, 9.17) is 4.74 Å². The summed E-state index contributed by atoms with van der Waals surface area (Å²) in [4.78, 5) is 12.9. The second kappa shape index (κ2) is 9.76. The number of hydrogen-bond donors (Lipinski definition) is 1. The molecule has 5 nitrogen and oxygen atoms in total. The van der Waals surface area contributed by atoms with Crippen LogP contribution in [-0.2, 0) is 11.3 Å². The van der Waals surface area contributed by atoms with Gasteiger partial charge in [0.15, 0.2) is 0 Å². The molecule has 0 aliphatic carbocycles. The minimum atomic E-state index is -0.463. The summed E-state index contributed by atoms with van der Waals surface area (Å²) in [5, 5.41) is 13.5. The SMILES string of the molecule is COc1cccc(NC(=O)C(C#N)=Cc2c(C)n(Cc3ccc(Br)cc3)c3ccccc23)c1. The van der Waals surface area contributed by atoms with Gasteiger partial charge in [0.05, 0.1) is 7.11 Å². The molecule has 1 amide bonds. The molecule has 0 aliphatic rings. The van der Waals surface area contributed by atoms with Gasteiger partial charge in [0.25, 0.3) is 5.91 Å². The molecule has 0 saturated carbocycles. The Labute approximate surface area is 201 Å². The van der Waals surface area contributed by atoms with Crippen LogP contribution in [0.1, 0.15) is 16.8 Å². The van der Waals surface area contributed by atoms with Gasteiger partial charge >= 0.3 is 0 Å². The molecule has 0 bridgehead atoms. The molecular formula is C27H22BrN3O2. The number of nitriles is 1. The summed E-state index contributed by atoms with van der Waals surface area (Å²) < 4.78 is 8.44. The number of aromatic nitrogens is 1. The van der Waals surface area contributed by atoms with Gasteiger partial charge in [0, 0.05) is 44.9 Å². The highest BCUT2D eigenvalue weighted by Gasteiger charge is 2.16. The van der Waals surface area contributed by atoms with Crippen molar-refractivity contribution in [2.75, 3.05) is 12.4 Å². The highest BCUT2D eigenvalue weighted by molar-refractivity contribution is 9.10. The Kier molecular flexibility index (Phi) is 6.62. The van der Waals surface area contributed by atoms with Gasteiger partial charge in [-0.05, 0) is 48.9 Å². The van der Waals surface area contributed by atoms with E-state index in [-0.39, 0.29) is 5.57 Å². The van der Waals surface area contributed by atoms with Crippen LogP contribution in [0.15, 0.2) is 82.8 Å².